The number of nitriles is 1. The largest absolute Gasteiger partial charge is 0.386 e. The molecular formula is C7H3N3OS. The Balaban J connectivity index is 2.67. The van der Waals surface area contributed by atoms with Gasteiger partial charge in [-0.3, -0.25) is 0 Å². The molecule has 1 heterocycles. The third-order valence-corrected chi connectivity index (χ3v) is 1.95. The second-order valence-corrected chi connectivity index (χ2v) is 2.61. The molecule has 12 heavy (non-hydrogen) atoms. The maximum atomic E-state index is 8.30. The number of hydrogen-bond acceptors (Lipinski definition) is 5. The molecule has 5 heteroatoms. The number of ether oxygens (including phenoxy) is 1. The standard InChI is InChI=1S/C7H3N3OS/c8-4-11-6-3-1-2-5-7(6)10-12-9-5/h1-3H. The molecule has 0 aliphatic rings. The molecule has 0 saturated heterocycles. The van der Waals surface area contributed by atoms with Gasteiger partial charge in [-0.15, -0.1) is 5.26 Å². The molecule has 2 rings (SSSR count). The number of benzene rings is 1. The average molecular weight is 177 g/mol. The minimum absolute atomic E-state index is 0.462. The molecule has 0 fully saturated rings. The highest BCUT2D eigenvalue weighted by Crippen LogP contribution is 2.22. The zero-order valence-corrected chi connectivity index (χ0v) is 6.71. The third kappa shape index (κ3) is 0.984. The number of aromatic nitrogens is 2. The molecule has 1 aromatic heterocycles. The van der Waals surface area contributed by atoms with Crippen molar-refractivity contribution in [1.29, 1.82) is 5.26 Å². The fourth-order valence-electron chi connectivity index (χ4n) is 0.913. The topological polar surface area (TPSA) is 58.8 Å². The number of nitrogens with zero attached hydrogens (tertiary/aromatic N) is 3. The van der Waals surface area contributed by atoms with Gasteiger partial charge in [-0.25, -0.2) is 0 Å². The fraction of sp³-hybridized carbons (Fsp3) is 0. The van der Waals surface area contributed by atoms with Crippen LogP contribution < -0.4 is 4.74 Å². The Labute approximate surface area is 72.3 Å². The van der Waals surface area contributed by atoms with E-state index >= 15 is 0 Å². The SMILES string of the molecule is N#COc1cccc2nsnc12. The first-order valence-corrected chi connectivity index (χ1v) is 3.92. The number of fused-ring (bicyclic) bond motifs is 1. The number of rotatable bonds is 1. The minimum Gasteiger partial charge on any atom is -0.386 e. The minimum atomic E-state index is 0.462. The summed E-state index contributed by atoms with van der Waals surface area (Å²) in [6.45, 7) is 0. The predicted octanol–water partition coefficient (Wildman–Crippen LogP) is 1.55. The lowest BCUT2D eigenvalue weighted by Gasteiger charge is -1.93. The molecule has 0 N–H and O–H groups in total. The van der Waals surface area contributed by atoms with Crippen LogP contribution in [0.3, 0.4) is 0 Å². The summed E-state index contributed by atoms with van der Waals surface area (Å²) >= 11 is 1.10. The lowest BCUT2D eigenvalue weighted by Crippen LogP contribution is -1.82. The van der Waals surface area contributed by atoms with Gasteiger partial charge in [0.25, 0.3) is 6.26 Å². The van der Waals surface area contributed by atoms with E-state index in [4.69, 9.17) is 5.26 Å². The molecule has 0 amide bonds. The second-order valence-electron chi connectivity index (χ2n) is 2.08. The van der Waals surface area contributed by atoms with Gasteiger partial charge in [0, 0.05) is 0 Å². The molecule has 0 aliphatic heterocycles. The summed E-state index contributed by atoms with van der Waals surface area (Å²) in [5, 5.41) is 8.30. The van der Waals surface area contributed by atoms with E-state index in [0.717, 1.165) is 17.2 Å². The van der Waals surface area contributed by atoms with Gasteiger partial charge in [-0.05, 0) is 12.1 Å². The zero-order valence-electron chi connectivity index (χ0n) is 5.89. The maximum Gasteiger partial charge on any atom is 0.292 e. The molecular weight excluding hydrogens is 174 g/mol. The van der Waals surface area contributed by atoms with E-state index in [9.17, 15) is 0 Å². The van der Waals surface area contributed by atoms with Crippen molar-refractivity contribution < 1.29 is 4.74 Å². The third-order valence-electron chi connectivity index (χ3n) is 1.40. The van der Waals surface area contributed by atoms with E-state index in [-0.39, 0.29) is 0 Å². The molecule has 0 atom stereocenters. The summed E-state index contributed by atoms with van der Waals surface area (Å²) in [5.41, 5.74) is 1.40. The summed E-state index contributed by atoms with van der Waals surface area (Å²) in [7, 11) is 0. The molecule has 0 radical (unpaired) electrons. The molecule has 2 aromatic rings. The van der Waals surface area contributed by atoms with Crippen LogP contribution in [-0.2, 0) is 0 Å². The van der Waals surface area contributed by atoms with E-state index in [1.54, 1.807) is 18.4 Å². The first-order chi connectivity index (χ1) is 5.92. The Hall–Kier alpha value is -1.67. The summed E-state index contributed by atoms with van der Waals surface area (Å²) in [6.07, 6.45) is 1.60. The number of hydrogen-bond donors (Lipinski definition) is 0. The van der Waals surface area contributed by atoms with Crippen molar-refractivity contribution in [3.8, 4) is 12.0 Å². The van der Waals surface area contributed by atoms with Crippen molar-refractivity contribution in [2.75, 3.05) is 0 Å². The molecule has 0 unspecified atom stereocenters. The van der Waals surface area contributed by atoms with Gasteiger partial charge in [0.15, 0.2) is 5.75 Å². The maximum absolute atomic E-state index is 8.30. The molecule has 1 aromatic carbocycles. The summed E-state index contributed by atoms with van der Waals surface area (Å²) in [5.74, 6) is 0.462. The molecule has 0 saturated carbocycles. The first-order valence-electron chi connectivity index (χ1n) is 3.19. The zero-order chi connectivity index (χ0) is 8.39. The van der Waals surface area contributed by atoms with Gasteiger partial charge in [0.05, 0.1) is 11.7 Å². The van der Waals surface area contributed by atoms with E-state index in [1.165, 1.54) is 0 Å². The highest BCUT2D eigenvalue weighted by molar-refractivity contribution is 7.00. The van der Waals surface area contributed by atoms with Crippen molar-refractivity contribution >= 4 is 22.8 Å². The van der Waals surface area contributed by atoms with Crippen LogP contribution in [0, 0.1) is 11.5 Å². The highest BCUT2D eigenvalue weighted by Gasteiger charge is 2.04. The smallest absolute Gasteiger partial charge is 0.292 e. The van der Waals surface area contributed by atoms with Crippen LogP contribution >= 0.6 is 11.7 Å². The Morgan fingerprint density at radius 3 is 3.17 bits per heavy atom. The van der Waals surface area contributed by atoms with E-state index in [2.05, 4.69) is 13.5 Å². The molecule has 58 valence electrons. The lowest BCUT2D eigenvalue weighted by atomic mass is 10.3. The van der Waals surface area contributed by atoms with Crippen LogP contribution in [0.5, 0.6) is 5.75 Å². The van der Waals surface area contributed by atoms with Crippen LogP contribution in [-0.4, -0.2) is 8.75 Å². The Bertz CT molecular complexity index is 445. The molecule has 0 bridgehead atoms. The normalized spacial score (nSPS) is 9.58. The second kappa shape index (κ2) is 2.75. The molecule has 4 nitrogen and oxygen atoms in total. The quantitative estimate of drug-likeness (QED) is 0.620. The fourth-order valence-corrected chi connectivity index (χ4v) is 1.45. The Kier molecular flexibility index (Phi) is 1.61. The lowest BCUT2D eigenvalue weighted by molar-refractivity contribution is 0.512. The van der Waals surface area contributed by atoms with Gasteiger partial charge >= 0.3 is 0 Å². The van der Waals surface area contributed by atoms with Crippen LogP contribution in [0.2, 0.25) is 0 Å². The van der Waals surface area contributed by atoms with Crippen molar-refractivity contribution in [3.05, 3.63) is 18.2 Å². The van der Waals surface area contributed by atoms with Gasteiger partial charge < -0.3 is 4.74 Å². The highest BCUT2D eigenvalue weighted by atomic mass is 32.1. The van der Waals surface area contributed by atoms with Gasteiger partial charge in [0.1, 0.15) is 11.0 Å². The van der Waals surface area contributed by atoms with Crippen LogP contribution in [0.1, 0.15) is 0 Å². The molecule has 0 spiro atoms. The summed E-state index contributed by atoms with van der Waals surface area (Å²) < 4.78 is 12.7. The monoisotopic (exact) mass is 177 g/mol. The Morgan fingerprint density at radius 2 is 2.33 bits per heavy atom. The van der Waals surface area contributed by atoms with E-state index in [1.807, 2.05) is 6.07 Å². The van der Waals surface area contributed by atoms with Gasteiger partial charge in [0.2, 0.25) is 0 Å². The first kappa shape index (κ1) is 7.00. The predicted molar refractivity (Wildman–Crippen MR) is 43.7 cm³/mol. The van der Waals surface area contributed by atoms with Crippen LogP contribution in [0.15, 0.2) is 18.2 Å². The van der Waals surface area contributed by atoms with Crippen LogP contribution in [0.4, 0.5) is 0 Å². The Morgan fingerprint density at radius 1 is 1.42 bits per heavy atom. The van der Waals surface area contributed by atoms with Crippen molar-refractivity contribution in [3.63, 3.8) is 0 Å². The summed E-state index contributed by atoms with van der Waals surface area (Å²) in [4.78, 5) is 0. The van der Waals surface area contributed by atoms with Crippen LogP contribution in [0.25, 0.3) is 11.0 Å². The summed E-state index contributed by atoms with van der Waals surface area (Å²) in [6, 6.07) is 5.28. The van der Waals surface area contributed by atoms with Crippen molar-refractivity contribution in [2.24, 2.45) is 0 Å². The van der Waals surface area contributed by atoms with Crippen molar-refractivity contribution in [1.82, 2.24) is 8.75 Å². The van der Waals surface area contributed by atoms with Crippen molar-refractivity contribution in [2.45, 2.75) is 0 Å². The van der Waals surface area contributed by atoms with E-state index < -0.39 is 0 Å². The van der Waals surface area contributed by atoms with Gasteiger partial charge in [-0.1, -0.05) is 6.07 Å². The average Bonchev–Trinajstić information content (AvgIpc) is 2.53. The molecule has 0 aliphatic carbocycles. The van der Waals surface area contributed by atoms with Gasteiger partial charge in [-0.2, -0.15) is 8.75 Å². The van der Waals surface area contributed by atoms with E-state index in [0.29, 0.717) is 11.3 Å².